The Labute approximate surface area is 187 Å². The predicted octanol–water partition coefficient (Wildman–Crippen LogP) is 3.39. The number of nitrogens with one attached hydrogen (secondary N) is 3. The van der Waals surface area contributed by atoms with Crippen LogP contribution in [0.2, 0.25) is 0 Å². The Kier molecular flexibility index (Phi) is 6.95. The summed E-state index contributed by atoms with van der Waals surface area (Å²) in [7, 11) is -2.18. The number of sulfonamides is 1. The fraction of sp³-hybridized carbons (Fsp3) is 0.167. The highest BCUT2D eigenvalue weighted by atomic mass is 32.2. The van der Waals surface area contributed by atoms with E-state index in [9.17, 15) is 18.0 Å². The third-order valence-electron chi connectivity index (χ3n) is 4.90. The summed E-state index contributed by atoms with van der Waals surface area (Å²) in [5.74, 6) is -0.503. The summed E-state index contributed by atoms with van der Waals surface area (Å²) in [5.41, 5.74) is 3.56. The normalized spacial score (nSPS) is 11.0. The van der Waals surface area contributed by atoms with E-state index in [0.29, 0.717) is 22.4 Å². The van der Waals surface area contributed by atoms with Crippen molar-refractivity contribution in [2.45, 2.75) is 25.3 Å². The third-order valence-corrected chi connectivity index (χ3v) is 6.43. The molecule has 0 spiro atoms. The highest BCUT2D eigenvalue weighted by molar-refractivity contribution is 7.92. The molecule has 7 nitrogen and oxygen atoms in total. The van der Waals surface area contributed by atoms with Crippen LogP contribution >= 0.6 is 0 Å². The van der Waals surface area contributed by atoms with Crippen LogP contribution in [0.5, 0.6) is 0 Å². The first-order valence-corrected chi connectivity index (χ1v) is 11.5. The number of amides is 2. The standard InChI is InChI=1S/C24H25N3O4S/c1-16-7-8-17(2)22(13-16)32(30,31)27-21-11-9-19(10-12-21)24(29)26-15-18-5-4-6-20(14-18)23(28)25-3/h4-14,27H,15H2,1-3H3,(H,25,28)(H,26,29). The lowest BCUT2D eigenvalue weighted by Gasteiger charge is -2.12. The second-order valence-electron chi connectivity index (χ2n) is 7.41. The molecule has 0 saturated carbocycles. The van der Waals surface area contributed by atoms with Crippen LogP contribution in [-0.2, 0) is 16.6 Å². The van der Waals surface area contributed by atoms with Gasteiger partial charge >= 0.3 is 0 Å². The number of hydrogen-bond acceptors (Lipinski definition) is 4. The Hall–Kier alpha value is -3.65. The van der Waals surface area contributed by atoms with Gasteiger partial charge in [0.25, 0.3) is 21.8 Å². The molecular formula is C24H25N3O4S. The largest absolute Gasteiger partial charge is 0.355 e. The van der Waals surface area contributed by atoms with Crippen LogP contribution in [0.4, 0.5) is 5.69 Å². The van der Waals surface area contributed by atoms with Crippen LogP contribution in [0, 0.1) is 13.8 Å². The topological polar surface area (TPSA) is 104 Å². The maximum absolute atomic E-state index is 12.7. The molecule has 0 aliphatic rings. The van der Waals surface area contributed by atoms with Gasteiger partial charge in [0, 0.05) is 30.4 Å². The zero-order valence-electron chi connectivity index (χ0n) is 18.1. The molecule has 32 heavy (non-hydrogen) atoms. The Bertz CT molecular complexity index is 1250. The number of rotatable bonds is 7. The molecule has 3 aromatic carbocycles. The van der Waals surface area contributed by atoms with Gasteiger partial charge in [0.05, 0.1) is 4.90 Å². The fourth-order valence-electron chi connectivity index (χ4n) is 3.15. The van der Waals surface area contributed by atoms with E-state index in [-0.39, 0.29) is 23.3 Å². The van der Waals surface area contributed by atoms with Crippen molar-refractivity contribution in [3.63, 3.8) is 0 Å². The van der Waals surface area contributed by atoms with Gasteiger partial charge in [0.2, 0.25) is 0 Å². The van der Waals surface area contributed by atoms with Gasteiger partial charge in [-0.3, -0.25) is 14.3 Å². The molecule has 0 radical (unpaired) electrons. The number of aryl methyl sites for hydroxylation is 2. The number of benzene rings is 3. The molecule has 0 aromatic heterocycles. The van der Waals surface area contributed by atoms with Gasteiger partial charge in [-0.15, -0.1) is 0 Å². The van der Waals surface area contributed by atoms with E-state index in [0.717, 1.165) is 11.1 Å². The monoisotopic (exact) mass is 451 g/mol. The molecule has 0 atom stereocenters. The minimum Gasteiger partial charge on any atom is -0.355 e. The molecule has 0 saturated heterocycles. The zero-order valence-corrected chi connectivity index (χ0v) is 18.9. The predicted molar refractivity (Wildman–Crippen MR) is 124 cm³/mol. The Morgan fingerprint density at radius 3 is 2.25 bits per heavy atom. The van der Waals surface area contributed by atoms with Gasteiger partial charge < -0.3 is 10.6 Å². The fourth-order valence-corrected chi connectivity index (χ4v) is 4.54. The van der Waals surface area contributed by atoms with Gasteiger partial charge in [0.15, 0.2) is 0 Å². The second kappa shape index (κ2) is 9.65. The summed E-state index contributed by atoms with van der Waals surface area (Å²) >= 11 is 0. The summed E-state index contributed by atoms with van der Waals surface area (Å²) in [6.45, 7) is 3.83. The minimum atomic E-state index is -3.74. The van der Waals surface area contributed by atoms with Crippen molar-refractivity contribution in [3.05, 3.63) is 94.5 Å². The van der Waals surface area contributed by atoms with Crippen molar-refractivity contribution >= 4 is 27.5 Å². The lowest BCUT2D eigenvalue weighted by molar-refractivity contribution is 0.0948. The third kappa shape index (κ3) is 5.53. The molecule has 3 N–H and O–H groups in total. The average Bonchev–Trinajstić information content (AvgIpc) is 2.79. The first-order chi connectivity index (χ1) is 15.2. The Morgan fingerprint density at radius 2 is 1.56 bits per heavy atom. The Balaban J connectivity index is 1.66. The van der Waals surface area contributed by atoms with Crippen molar-refractivity contribution in [3.8, 4) is 0 Å². The van der Waals surface area contributed by atoms with Crippen LogP contribution < -0.4 is 15.4 Å². The molecule has 0 aliphatic carbocycles. The van der Waals surface area contributed by atoms with Gasteiger partial charge in [-0.1, -0.05) is 24.3 Å². The second-order valence-corrected chi connectivity index (χ2v) is 9.06. The Morgan fingerprint density at radius 1 is 0.844 bits per heavy atom. The summed E-state index contributed by atoms with van der Waals surface area (Å²) in [6.07, 6.45) is 0. The van der Waals surface area contributed by atoms with E-state index in [1.165, 1.54) is 0 Å². The van der Waals surface area contributed by atoms with Crippen LogP contribution in [-0.4, -0.2) is 27.3 Å². The minimum absolute atomic E-state index is 0.197. The van der Waals surface area contributed by atoms with Crippen molar-refractivity contribution < 1.29 is 18.0 Å². The quantitative estimate of drug-likeness (QED) is 0.512. The molecule has 0 fully saturated rings. The maximum Gasteiger partial charge on any atom is 0.262 e. The van der Waals surface area contributed by atoms with Crippen molar-refractivity contribution in [2.24, 2.45) is 0 Å². The number of anilines is 1. The van der Waals surface area contributed by atoms with E-state index in [4.69, 9.17) is 0 Å². The molecule has 8 heteroatoms. The van der Waals surface area contributed by atoms with Crippen LogP contribution in [0.3, 0.4) is 0 Å². The highest BCUT2D eigenvalue weighted by Crippen LogP contribution is 2.21. The number of carbonyl (C=O) groups is 2. The average molecular weight is 452 g/mol. The molecule has 0 aliphatic heterocycles. The summed E-state index contributed by atoms with van der Waals surface area (Å²) in [6, 6.07) is 18.4. The zero-order chi connectivity index (χ0) is 23.3. The van der Waals surface area contributed by atoms with Crippen molar-refractivity contribution in [1.29, 1.82) is 0 Å². The van der Waals surface area contributed by atoms with E-state index in [2.05, 4.69) is 15.4 Å². The molecule has 0 heterocycles. The molecular weight excluding hydrogens is 426 g/mol. The van der Waals surface area contributed by atoms with E-state index in [1.54, 1.807) is 68.6 Å². The van der Waals surface area contributed by atoms with Crippen LogP contribution in [0.25, 0.3) is 0 Å². The lowest BCUT2D eigenvalue weighted by Crippen LogP contribution is -2.23. The summed E-state index contributed by atoms with van der Waals surface area (Å²) in [5, 5.41) is 5.36. The SMILES string of the molecule is CNC(=O)c1cccc(CNC(=O)c2ccc(NS(=O)(=O)c3cc(C)ccc3C)cc2)c1. The molecule has 0 unspecified atom stereocenters. The molecule has 166 valence electrons. The first-order valence-electron chi connectivity index (χ1n) is 9.99. The van der Waals surface area contributed by atoms with Crippen LogP contribution in [0.1, 0.15) is 37.4 Å². The smallest absolute Gasteiger partial charge is 0.262 e. The van der Waals surface area contributed by atoms with Gasteiger partial charge in [-0.25, -0.2) is 8.42 Å². The van der Waals surface area contributed by atoms with E-state index < -0.39 is 10.0 Å². The number of carbonyl (C=O) groups excluding carboxylic acids is 2. The van der Waals surface area contributed by atoms with Crippen LogP contribution in [0.15, 0.2) is 71.6 Å². The molecule has 3 aromatic rings. The van der Waals surface area contributed by atoms with Crippen molar-refractivity contribution in [2.75, 3.05) is 11.8 Å². The maximum atomic E-state index is 12.7. The lowest BCUT2D eigenvalue weighted by atomic mass is 10.1. The van der Waals surface area contributed by atoms with Gasteiger partial charge in [0.1, 0.15) is 0 Å². The van der Waals surface area contributed by atoms with Gasteiger partial charge in [-0.05, 0) is 73.0 Å². The van der Waals surface area contributed by atoms with E-state index >= 15 is 0 Å². The van der Waals surface area contributed by atoms with E-state index in [1.807, 2.05) is 19.1 Å². The summed E-state index contributed by atoms with van der Waals surface area (Å²) in [4.78, 5) is 24.4. The van der Waals surface area contributed by atoms with Crippen molar-refractivity contribution in [1.82, 2.24) is 10.6 Å². The van der Waals surface area contributed by atoms with Gasteiger partial charge in [-0.2, -0.15) is 0 Å². The molecule has 0 bridgehead atoms. The summed E-state index contributed by atoms with van der Waals surface area (Å²) < 4.78 is 28.0. The first kappa shape index (κ1) is 23.0. The number of hydrogen-bond donors (Lipinski definition) is 3. The molecule has 2 amide bonds. The highest BCUT2D eigenvalue weighted by Gasteiger charge is 2.17. The molecule has 3 rings (SSSR count).